The monoisotopic (exact) mass is 321 g/mol. The molecule has 0 bridgehead atoms. The number of sulfone groups is 1. The Morgan fingerprint density at radius 2 is 2.05 bits per heavy atom. The van der Waals surface area contributed by atoms with Crippen LogP contribution in [-0.2, 0) is 26.4 Å². The summed E-state index contributed by atoms with van der Waals surface area (Å²) in [5.74, 6) is -0.163. The number of imidazole rings is 1. The van der Waals surface area contributed by atoms with Crippen molar-refractivity contribution >= 4 is 19.9 Å². The lowest BCUT2D eigenvalue weighted by Crippen LogP contribution is -2.54. The second-order valence-corrected chi connectivity index (χ2v) is 9.56. The highest BCUT2D eigenvalue weighted by Crippen LogP contribution is 2.22. The van der Waals surface area contributed by atoms with Gasteiger partial charge in [-0.2, -0.15) is 4.31 Å². The lowest BCUT2D eigenvalue weighted by molar-refractivity contribution is 0.326. The number of hydrogen-bond acceptors (Lipinski definition) is 5. The van der Waals surface area contributed by atoms with E-state index in [2.05, 4.69) is 4.98 Å². The Labute approximate surface area is 119 Å². The van der Waals surface area contributed by atoms with E-state index >= 15 is 0 Å². The van der Waals surface area contributed by atoms with Gasteiger partial charge in [-0.05, 0) is 13.8 Å². The molecule has 2 heterocycles. The summed E-state index contributed by atoms with van der Waals surface area (Å²) in [5, 5.41) is -0.667. The van der Waals surface area contributed by atoms with Crippen LogP contribution >= 0.6 is 0 Å². The van der Waals surface area contributed by atoms with Crippen LogP contribution in [0.5, 0.6) is 0 Å². The van der Waals surface area contributed by atoms with Crippen molar-refractivity contribution in [3.8, 4) is 0 Å². The molecule has 0 radical (unpaired) electrons. The summed E-state index contributed by atoms with van der Waals surface area (Å²) in [6.45, 7) is 3.57. The van der Waals surface area contributed by atoms with E-state index in [0.29, 0.717) is 6.54 Å². The van der Waals surface area contributed by atoms with Crippen LogP contribution in [0.4, 0.5) is 0 Å². The van der Waals surface area contributed by atoms with Crippen LogP contribution in [0.2, 0.25) is 0 Å². The van der Waals surface area contributed by atoms with E-state index in [1.54, 1.807) is 37.1 Å². The number of hydrogen-bond donors (Lipinski definition) is 0. The highest BCUT2D eigenvalue weighted by atomic mass is 32.2. The zero-order valence-corrected chi connectivity index (χ0v) is 13.1. The van der Waals surface area contributed by atoms with E-state index in [4.69, 9.17) is 0 Å². The summed E-state index contributed by atoms with van der Waals surface area (Å²) in [5.41, 5.74) is 0. The number of nitrogens with zero attached hydrogens (tertiary/aromatic N) is 3. The van der Waals surface area contributed by atoms with Gasteiger partial charge in [0.2, 0.25) is 10.0 Å². The molecule has 2 rings (SSSR count). The minimum atomic E-state index is -3.47. The molecule has 1 aromatic rings. The Morgan fingerprint density at radius 1 is 1.35 bits per heavy atom. The molecule has 2 atom stereocenters. The third-order valence-corrected chi connectivity index (χ3v) is 8.03. The average Bonchev–Trinajstić information content (AvgIpc) is 2.86. The summed E-state index contributed by atoms with van der Waals surface area (Å²) in [6.07, 6.45) is 4.84. The van der Waals surface area contributed by atoms with Gasteiger partial charge in [0, 0.05) is 31.5 Å². The third-order valence-electron chi connectivity index (χ3n) is 3.82. The molecule has 0 saturated carbocycles. The Hall–Kier alpha value is -0.930. The predicted octanol–water partition coefficient (Wildman–Crippen LogP) is -0.280. The fraction of sp³-hybridized carbons (Fsp3) is 0.727. The van der Waals surface area contributed by atoms with Crippen molar-refractivity contribution in [2.24, 2.45) is 0 Å². The van der Waals surface area contributed by atoms with Crippen LogP contribution in [0.25, 0.3) is 0 Å². The smallest absolute Gasteiger partial charge is 0.216 e. The number of rotatable bonds is 4. The van der Waals surface area contributed by atoms with Gasteiger partial charge in [0.25, 0.3) is 0 Å². The highest BCUT2D eigenvalue weighted by molar-refractivity contribution is 7.92. The zero-order chi connectivity index (χ0) is 15.0. The molecule has 7 nitrogen and oxygen atoms in total. The molecule has 1 fully saturated rings. The molecule has 1 aliphatic heterocycles. The first-order valence-corrected chi connectivity index (χ1v) is 9.73. The van der Waals surface area contributed by atoms with Gasteiger partial charge in [-0.15, -0.1) is 0 Å². The van der Waals surface area contributed by atoms with Crippen molar-refractivity contribution in [2.75, 3.05) is 18.1 Å². The van der Waals surface area contributed by atoms with E-state index in [9.17, 15) is 16.8 Å². The molecule has 1 aromatic heterocycles. The number of aryl methyl sites for hydroxylation is 1. The first-order valence-electron chi connectivity index (χ1n) is 6.41. The van der Waals surface area contributed by atoms with Gasteiger partial charge in [0.15, 0.2) is 9.84 Å². The quantitative estimate of drug-likeness (QED) is 0.761. The van der Waals surface area contributed by atoms with Crippen molar-refractivity contribution in [3.05, 3.63) is 18.7 Å². The Kier molecular flexibility index (Phi) is 4.22. The highest BCUT2D eigenvalue weighted by Gasteiger charge is 2.40. The van der Waals surface area contributed by atoms with E-state index in [0.717, 1.165) is 0 Å². The molecule has 0 aliphatic carbocycles. The van der Waals surface area contributed by atoms with E-state index in [1.165, 1.54) is 4.31 Å². The summed E-state index contributed by atoms with van der Waals surface area (Å²) in [7, 11) is -6.65. The standard InChI is InChI=1S/C11H19N3O4S2/c1-10-11(2)19(15,16)7-6-14(10)20(17,18)8-5-13-4-3-12-9-13/h3-4,9-11H,5-8H2,1-2H3. The van der Waals surface area contributed by atoms with Crippen LogP contribution in [0.3, 0.4) is 0 Å². The fourth-order valence-electron chi connectivity index (χ4n) is 2.29. The first-order chi connectivity index (χ1) is 9.24. The minimum absolute atomic E-state index is 0.0418. The van der Waals surface area contributed by atoms with Gasteiger partial charge in [-0.25, -0.2) is 21.8 Å². The average molecular weight is 321 g/mol. The van der Waals surface area contributed by atoms with E-state index in [1.807, 2.05) is 0 Å². The number of aromatic nitrogens is 2. The van der Waals surface area contributed by atoms with Crippen molar-refractivity contribution in [1.29, 1.82) is 0 Å². The van der Waals surface area contributed by atoms with Gasteiger partial charge in [0.1, 0.15) is 0 Å². The van der Waals surface area contributed by atoms with Gasteiger partial charge < -0.3 is 4.57 Å². The first kappa shape index (κ1) is 15.5. The van der Waals surface area contributed by atoms with Crippen LogP contribution in [0.15, 0.2) is 18.7 Å². The summed E-state index contributed by atoms with van der Waals surface area (Å²) in [6, 6.07) is -0.526. The summed E-state index contributed by atoms with van der Waals surface area (Å²) >= 11 is 0. The van der Waals surface area contributed by atoms with E-state index in [-0.39, 0.29) is 18.1 Å². The molecule has 1 saturated heterocycles. The summed E-state index contributed by atoms with van der Waals surface area (Å²) in [4.78, 5) is 3.86. The van der Waals surface area contributed by atoms with Crippen LogP contribution < -0.4 is 0 Å². The lowest BCUT2D eigenvalue weighted by atomic mass is 10.2. The van der Waals surface area contributed by atoms with Crippen molar-refractivity contribution in [3.63, 3.8) is 0 Å². The van der Waals surface area contributed by atoms with Crippen LogP contribution in [0.1, 0.15) is 13.8 Å². The molecule has 0 amide bonds. The fourth-order valence-corrected chi connectivity index (χ4v) is 5.79. The van der Waals surface area contributed by atoms with Crippen molar-refractivity contribution < 1.29 is 16.8 Å². The second kappa shape index (κ2) is 5.45. The van der Waals surface area contributed by atoms with E-state index < -0.39 is 31.2 Å². The van der Waals surface area contributed by atoms with Gasteiger partial charge in [-0.3, -0.25) is 0 Å². The normalized spacial score (nSPS) is 27.5. The van der Waals surface area contributed by atoms with Crippen molar-refractivity contribution in [1.82, 2.24) is 13.9 Å². The Morgan fingerprint density at radius 3 is 2.65 bits per heavy atom. The molecule has 9 heteroatoms. The molecular weight excluding hydrogens is 302 g/mol. The van der Waals surface area contributed by atoms with Crippen molar-refractivity contribution in [2.45, 2.75) is 31.7 Å². The Bertz CT molecular complexity index is 652. The maximum Gasteiger partial charge on any atom is 0.216 e. The third kappa shape index (κ3) is 3.04. The predicted molar refractivity (Wildman–Crippen MR) is 75.4 cm³/mol. The molecule has 20 heavy (non-hydrogen) atoms. The zero-order valence-electron chi connectivity index (χ0n) is 11.5. The molecule has 0 N–H and O–H groups in total. The lowest BCUT2D eigenvalue weighted by Gasteiger charge is -2.36. The second-order valence-electron chi connectivity index (χ2n) is 5.04. The van der Waals surface area contributed by atoms with Crippen LogP contribution in [0, 0.1) is 0 Å². The molecule has 0 aromatic carbocycles. The SMILES string of the molecule is CC1C(C)S(=O)(=O)CCN1S(=O)(=O)CCn1ccnc1. The summed E-state index contributed by atoms with van der Waals surface area (Å²) < 4.78 is 51.2. The van der Waals surface area contributed by atoms with Gasteiger partial charge >= 0.3 is 0 Å². The largest absolute Gasteiger partial charge is 0.336 e. The molecular formula is C11H19N3O4S2. The maximum atomic E-state index is 12.3. The molecule has 114 valence electrons. The molecule has 2 unspecified atom stereocenters. The minimum Gasteiger partial charge on any atom is -0.336 e. The van der Waals surface area contributed by atoms with Crippen LogP contribution in [-0.4, -0.2) is 60.0 Å². The molecule has 1 aliphatic rings. The maximum absolute atomic E-state index is 12.3. The Balaban J connectivity index is 2.10. The van der Waals surface area contributed by atoms with Gasteiger partial charge in [-0.1, -0.05) is 0 Å². The topological polar surface area (TPSA) is 89.3 Å². The van der Waals surface area contributed by atoms with Gasteiger partial charge in [0.05, 0.1) is 23.1 Å². The number of sulfonamides is 1. The molecule has 0 spiro atoms.